The van der Waals surface area contributed by atoms with Crippen molar-refractivity contribution in [3.05, 3.63) is 84.2 Å². The van der Waals surface area contributed by atoms with E-state index in [2.05, 4.69) is 37.3 Å². The van der Waals surface area contributed by atoms with Gasteiger partial charge < -0.3 is 9.47 Å². The number of nitrogens with zero attached hydrogens (tertiary/aromatic N) is 5. The molecule has 3 aromatic carbocycles. The van der Waals surface area contributed by atoms with Gasteiger partial charge in [-0.3, -0.25) is 0 Å². The van der Waals surface area contributed by atoms with Crippen LogP contribution >= 0.6 is 11.7 Å². The van der Waals surface area contributed by atoms with E-state index >= 15 is 0 Å². The topological polar surface area (TPSA) is 75.0 Å². The molecule has 2 aromatic heterocycles. The van der Waals surface area contributed by atoms with Gasteiger partial charge in [0.05, 0.1) is 31.6 Å². The van der Waals surface area contributed by atoms with Crippen LogP contribution in [-0.2, 0) is 13.2 Å². The highest BCUT2D eigenvalue weighted by atomic mass is 32.1. The molecular weight excluding hydrogens is 410 g/mol. The molecule has 0 N–H and O–H groups in total. The number of ether oxygens (including phenoxy) is 2. The zero-order chi connectivity index (χ0) is 21.0. The van der Waals surface area contributed by atoms with Gasteiger partial charge in [0.1, 0.15) is 23.7 Å². The molecule has 0 radical (unpaired) electrons. The average Bonchev–Trinajstić information content (AvgIpc) is 3.47. The predicted octanol–water partition coefficient (Wildman–Crippen LogP) is 4.59. The number of aromatic nitrogens is 5. The van der Waals surface area contributed by atoms with Crippen LogP contribution in [0.4, 0.5) is 0 Å². The summed E-state index contributed by atoms with van der Waals surface area (Å²) in [7, 11) is 1.66. The van der Waals surface area contributed by atoms with Crippen molar-refractivity contribution in [2.75, 3.05) is 7.11 Å². The van der Waals surface area contributed by atoms with E-state index in [1.54, 1.807) is 11.8 Å². The number of fused-ring (bicyclic) bond motifs is 1. The number of hydrogen-bond donors (Lipinski definition) is 0. The van der Waals surface area contributed by atoms with Crippen molar-refractivity contribution in [2.45, 2.75) is 13.2 Å². The fraction of sp³-hybridized carbons (Fsp3) is 0.130. The minimum Gasteiger partial charge on any atom is -0.497 e. The van der Waals surface area contributed by atoms with E-state index < -0.39 is 0 Å². The Morgan fingerprint density at radius 3 is 2.65 bits per heavy atom. The second kappa shape index (κ2) is 8.53. The van der Waals surface area contributed by atoms with Crippen molar-refractivity contribution in [2.24, 2.45) is 0 Å². The molecule has 5 rings (SSSR count). The minimum atomic E-state index is 0.270. The highest BCUT2D eigenvalue weighted by molar-refractivity contribution is 6.99. The highest BCUT2D eigenvalue weighted by Crippen LogP contribution is 2.33. The monoisotopic (exact) mass is 429 g/mol. The Labute approximate surface area is 183 Å². The summed E-state index contributed by atoms with van der Waals surface area (Å²) in [4.78, 5) is 0. The highest BCUT2D eigenvalue weighted by Gasteiger charge is 2.15. The zero-order valence-corrected chi connectivity index (χ0v) is 17.6. The summed E-state index contributed by atoms with van der Waals surface area (Å²) in [6.07, 6.45) is 1.88. The maximum atomic E-state index is 5.96. The molecule has 0 fully saturated rings. The van der Waals surface area contributed by atoms with E-state index in [9.17, 15) is 0 Å². The Bertz CT molecular complexity index is 1310. The molecule has 0 saturated heterocycles. The first-order chi connectivity index (χ1) is 15.3. The van der Waals surface area contributed by atoms with E-state index in [1.807, 2.05) is 54.7 Å². The van der Waals surface area contributed by atoms with Crippen LogP contribution in [-0.4, -0.2) is 30.9 Å². The third kappa shape index (κ3) is 4.10. The summed E-state index contributed by atoms with van der Waals surface area (Å²) < 4.78 is 21.8. The summed E-state index contributed by atoms with van der Waals surface area (Å²) in [5.41, 5.74) is 3.59. The number of hydrogen-bond acceptors (Lipinski definition) is 7. The molecule has 2 heterocycles. The first kappa shape index (κ1) is 19.2. The Morgan fingerprint density at radius 2 is 1.77 bits per heavy atom. The average molecular weight is 430 g/mol. The van der Waals surface area contributed by atoms with Crippen molar-refractivity contribution in [1.29, 1.82) is 0 Å². The van der Waals surface area contributed by atoms with Crippen molar-refractivity contribution < 1.29 is 9.47 Å². The van der Waals surface area contributed by atoms with Gasteiger partial charge in [-0.2, -0.15) is 4.37 Å². The molecular formula is C23H19N5O2S. The van der Waals surface area contributed by atoms with Gasteiger partial charge in [-0.15, -0.1) is 9.47 Å². The first-order valence-electron chi connectivity index (χ1n) is 9.75. The standard InChI is InChI=1S/C23H19N5O2S/c1-29-19-11-9-16(10-12-19)13-28-14-18(24-27-28)15-30-23-22(25-31-26-23)21-8-4-6-17-5-2-3-7-20(17)21/h2-12,14H,13,15H2,1H3. The van der Waals surface area contributed by atoms with Crippen LogP contribution in [0, 0.1) is 0 Å². The Morgan fingerprint density at radius 1 is 0.935 bits per heavy atom. The SMILES string of the molecule is COc1ccc(Cn2cc(COc3nsnc3-c3cccc4ccccc34)nn2)cc1. The molecule has 154 valence electrons. The lowest BCUT2D eigenvalue weighted by Crippen LogP contribution is -2.00. The van der Waals surface area contributed by atoms with Crippen molar-refractivity contribution >= 4 is 22.5 Å². The zero-order valence-electron chi connectivity index (χ0n) is 16.8. The van der Waals surface area contributed by atoms with Crippen LogP contribution in [0.1, 0.15) is 11.3 Å². The van der Waals surface area contributed by atoms with E-state index in [1.165, 1.54) is 0 Å². The van der Waals surface area contributed by atoms with E-state index in [4.69, 9.17) is 9.47 Å². The quantitative estimate of drug-likeness (QED) is 0.377. The van der Waals surface area contributed by atoms with Crippen LogP contribution < -0.4 is 9.47 Å². The Balaban J connectivity index is 1.30. The van der Waals surface area contributed by atoms with E-state index in [0.29, 0.717) is 12.4 Å². The summed E-state index contributed by atoms with van der Waals surface area (Å²) in [6, 6.07) is 22.2. The molecule has 7 nitrogen and oxygen atoms in total. The molecule has 5 aromatic rings. The van der Waals surface area contributed by atoms with Gasteiger partial charge >= 0.3 is 0 Å². The van der Waals surface area contributed by atoms with Crippen LogP contribution in [0.25, 0.3) is 22.0 Å². The number of benzene rings is 3. The van der Waals surface area contributed by atoms with Crippen molar-refractivity contribution in [3.8, 4) is 22.9 Å². The Hall–Kier alpha value is -3.78. The molecule has 0 bridgehead atoms. The molecule has 0 spiro atoms. The van der Waals surface area contributed by atoms with E-state index in [-0.39, 0.29) is 6.61 Å². The molecule has 0 atom stereocenters. The fourth-order valence-electron chi connectivity index (χ4n) is 3.41. The normalized spacial score (nSPS) is 11.0. The van der Waals surface area contributed by atoms with Gasteiger partial charge in [0.15, 0.2) is 0 Å². The van der Waals surface area contributed by atoms with Crippen molar-refractivity contribution in [1.82, 2.24) is 23.7 Å². The largest absolute Gasteiger partial charge is 0.497 e. The van der Waals surface area contributed by atoms with Gasteiger partial charge in [0.25, 0.3) is 5.88 Å². The lowest BCUT2D eigenvalue weighted by atomic mass is 10.0. The summed E-state index contributed by atoms with van der Waals surface area (Å²) >= 11 is 1.14. The predicted molar refractivity (Wildman–Crippen MR) is 119 cm³/mol. The lowest BCUT2D eigenvalue weighted by molar-refractivity contribution is 0.293. The number of rotatable bonds is 7. The molecule has 0 aliphatic heterocycles. The smallest absolute Gasteiger partial charge is 0.254 e. The summed E-state index contributed by atoms with van der Waals surface area (Å²) in [6.45, 7) is 0.891. The summed E-state index contributed by atoms with van der Waals surface area (Å²) in [5.74, 6) is 1.33. The second-order valence-electron chi connectivity index (χ2n) is 6.99. The third-order valence-electron chi connectivity index (χ3n) is 4.95. The van der Waals surface area contributed by atoms with Crippen LogP contribution in [0.5, 0.6) is 11.6 Å². The third-order valence-corrected chi connectivity index (χ3v) is 5.46. The minimum absolute atomic E-state index is 0.270. The molecule has 0 aliphatic carbocycles. The van der Waals surface area contributed by atoms with Gasteiger partial charge in [0, 0.05) is 5.56 Å². The fourth-order valence-corrected chi connectivity index (χ4v) is 3.93. The summed E-state index contributed by atoms with van der Waals surface area (Å²) in [5, 5.41) is 10.7. The van der Waals surface area contributed by atoms with Crippen LogP contribution in [0.2, 0.25) is 0 Å². The second-order valence-corrected chi connectivity index (χ2v) is 7.52. The van der Waals surface area contributed by atoms with Gasteiger partial charge in [-0.05, 0) is 28.5 Å². The molecule has 8 heteroatoms. The van der Waals surface area contributed by atoms with Gasteiger partial charge in [0.2, 0.25) is 0 Å². The van der Waals surface area contributed by atoms with Crippen molar-refractivity contribution in [3.63, 3.8) is 0 Å². The van der Waals surface area contributed by atoms with Crippen LogP contribution in [0.15, 0.2) is 72.9 Å². The van der Waals surface area contributed by atoms with Gasteiger partial charge in [-0.1, -0.05) is 59.8 Å². The van der Waals surface area contributed by atoms with Crippen LogP contribution in [0.3, 0.4) is 0 Å². The molecule has 31 heavy (non-hydrogen) atoms. The molecule has 0 aliphatic rings. The maximum absolute atomic E-state index is 5.96. The molecule has 0 unspecified atom stereocenters. The Kier molecular flexibility index (Phi) is 5.28. The number of methoxy groups -OCH3 is 1. The first-order valence-corrected chi connectivity index (χ1v) is 10.5. The maximum Gasteiger partial charge on any atom is 0.254 e. The lowest BCUT2D eigenvalue weighted by Gasteiger charge is -2.06. The molecule has 0 saturated carbocycles. The van der Waals surface area contributed by atoms with E-state index in [0.717, 1.165) is 50.8 Å². The molecule has 0 amide bonds. The van der Waals surface area contributed by atoms with Gasteiger partial charge in [-0.25, -0.2) is 4.68 Å².